The molecule has 0 saturated carbocycles. The maximum Gasteiger partial charge on any atom is 0.203 e. The monoisotopic (exact) mass is 854 g/mol. The minimum Gasteiger partial charge on any atom is -0.490 e. The molecular formula is C38H49Br3O5S. The highest BCUT2D eigenvalue weighted by atomic mass is 79.9. The van der Waals surface area contributed by atoms with Gasteiger partial charge in [-0.05, 0) is 67.3 Å². The molecule has 2 heterocycles. The van der Waals surface area contributed by atoms with Gasteiger partial charge in [0.1, 0.15) is 13.2 Å². The summed E-state index contributed by atoms with van der Waals surface area (Å²) in [6.07, 6.45) is 17.9. The van der Waals surface area contributed by atoms with E-state index in [-0.39, 0.29) is 0 Å². The molecule has 2 aromatic carbocycles. The molecule has 0 amide bonds. The number of fused-ring (bicyclic) bond motifs is 1. The Bertz CT molecular complexity index is 1290. The van der Waals surface area contributed by atoms with Crippen LogP contribution in [0.15, 0.2) is 41.8 Å². The summed E-state index contributed by atoms with van der Waals surface area (Å²) in [5.41, 5.74) is 3.27. The molecule has 47 heavy (non-hydrogen) atoms. The van der Waals surface area contributed by atoms with Crippen molar-refractivity contribution in [2.75, 3.05) is 49.0 Å². The molecule has 1 aliphatic rings. The molecule has 0 bridgehead atoms. The molecular weight excluding hydrogens is 808 g/mol. The standard InChI is InChI=1S/C38H49Br3O5S/c39-19-7-1-4-10-22-42-33-27-31(14-13-30-15-17-32(18-16-30)38-37-35(29-47-38)44-25-26-46-37)28-34(43-23-11-5-2-8-20-40)36(33)45-24-12-6-3-9-21-41/h13-18,27-29H,1-12,19-26H2/b14-13+. The summed E-state index contributed by atoms with van der Waals surface area (Å²) >= 11 is 12.3. The first-order valence-corrected chi connectivity index (χ1v) is 21.4. The minimum absolute atomic E-state index is 0.588. The molecule has 5 nitrogen and oxygen atoms in total. The molecule has 0 N–H and O–H groups in total. The van der Waals surface area contributed by atoms with Gasteiger partial charge in [0.15, 0.2) is 23.0 Å². The molecule has 0 spiro atoms. The number of benzene rings is 2. The molecule has 1 aromatic heterocycles. The smallest absolute Gasteiger partial charge is 0.203 e. The van der Waals surface area contributed by atoms with Gasteiger partial charge in [-0.3, -0.25) is 0 Å². The summed E-state index contributed by atoms with van der Waals surface area (Å²) in [4.78, 5) is 1.11. The number of alkyl halides is 3. The van der Waals surface area contributed by atoms with E-state index in [4.69, 9.17) is 23.7 Å². The number of thiophene rings is 1. The van der Waals surface area contributed by atoms with Gasteiger partial charge in [-0.2, -0.15) is 0 Å². The summed E-state index contributed by atoms with van der Waals surface area (Å²) in [6, 6.07) is 12.8. The lowest BCUT2D eigenvalue weighted by Crippen LogP contribution is -2.14. The van der Waals surface area contributed by atoms with Crippen molar-refractivity contribution in [1.82, 2.24) is 0 Å². The van der Waals surface area contributed by atoms with Crippen molar-refractivity contribution < 1.29 is 23.7 Å². The number of hydrogen-bond acceptors (Lipinski definition) is 6. The average Bonchev–Trinajstić information content (AvgIpc) is 3.53. The quantitative estimate of drug-likeness (QED) is 0.0510. The van der Waals surface area contributed by atoms with Gasteiger partial charge in [0.25, 0.3) is 0 Å². The zero-order valence-electron chi connectivity index (χ0n) is 27.4. The van der Waals surface area contributed by atoms with E-state index >= 15 is 0 Å². The number of hydrogen-bond donors (Lipinski definition) is 0. The molecule has 0 radical (unpaired) electrons. The van der Waals surface area contributed by atoms with Crippen molar-refractivity contribution >= 4 is 71.3 Å². The van der Waals surface area contributed by atoms with Gasteiger partial charge in [0.2, 0.25) is 5.75 Å². The van der Waals surface area contributed by atoms with Gasteiger partial charge in [-0.15, -0.1) is 11.3 Å². The molecule has 0 unspecified atom stereocenters. The van der Waals surface area contributed by atoms with Crippen LogP contribution >= 0.6 is 59.1 Å². The predicted octanol–water partition coefficient (Wildman–Crippen LogP) is 12.4. The zero-order chi connectivity index (χ0) is 32.9. The Balaban J connectivity index is 1.51. The lowest BCUT2D eigenvalue weighted by molar-refractivity contribution is 0.174. The Morgan fingerprint density at radius 3 is 1.68 bits per heavy atom. The van der Waals surface area contributed by atoms with E-state index in [9.17, 15) is 0 Å². The first kappa shape index (κ1) is 38.1. The number of ether oxygens (including phenoxy) is 5. The lowest BCUT2D eigenvalue weighted by atomic mass is 10.1. The highest BCUT2D eigenvalue weighted by Crippen LogP contribution is 2.45. The van der Waals surface area contributed by atoms with E-state index in [1.807, 2.05) is 5.38 Å². The van der Waals surface area contributed by atoms with Crippen LogP contribution in [0.1, 0.15) is 88.2 Å². The second-order valence-corrected chi connectivity index (χ2v) is 14.9. The topological polar surface area (TPSA) is 46.2 Å². The normalized spacial score (nSPS) is 12.5. The van der Waals surface area contributed by atoms with Gasteiger partial charge in [-0.1, -0.05) is 123 Å². The third-order valence-electron chi connectivity index (χ3n) is 7.83. The Morgan fingerprint density at radius 2 is 1.11 bits per heavy atom. The Hall–Kier alpha value is -1.68. The van der Waals surface area contributed by atoms with Crippen molar-refractivity contribution in [2.45, 2.75) is 77.0 Å². The van der Waals surface area contributed by atoms with Crippen LogP contribution in [0.2, 0.25) is 0 Å². The van der Waals surface area contributed by atoms with Gasteiger partial charge in [-0.25, -0.2) is 0 Å². The second kappa shape index (κ2) is 22.9. The first-order chi connectivity index (χ1) is 23.2. The maximum absolute atomic E-state index is 6.43. The second-order valence-electron chi connectivity index (χ2n) is 11.6. The molecule has 0 saturated heterocycles. The molecule has 0 atom stereocenters. The number of unbranched alkanes of at least 4 members (excludes halogenated alkanes) is 9. The van der Waals surface area contributed by atoms with Crippen LogP contribution in [0.25, 0.3) is 22.6 Å². The molecule has 1 aliphatic heterocycles. The van der Waals surface area contributed by atoms with E-state index in [0.29, 0.717) is 33.0 Å². The van der Waals surface area contributed by atoms with Crippen molar-refractivity contribution in [3.63, 3.8) is 0 Å². The van der Waals surface area contributed by atoms with E-state index in [1.54, 1.807) is 11.3 Å². The van der Waals surface area contributed by atoms with Crippen LogP contribution < -0.4 is 23.7 Å². The lowest BCUT2D eigenvalue weighted by Gasteiger charge is -2.18. The van der Waals surface area contributed by atoms with Crippen LogP contribution in [0.3, 0.4) is 0 Å². The Morgan fingerprint density at radius 1 is 0.596 bits per heavy atom. The predicted molar refractivity (Wildman–Crippen MR) is 209 cm³/mol. The summed E-state index contributed by atoms with van der Waals surface area (Å²) in [6.45, 7) is 3.16. The molecule has 9 heteroatoms. The van der Waals surface area contributed by atoms with Gasteiger partial charge in [0.05, 0.1) is 24.7 Å². The molecule has 3 aromatic rings. The zero-order valence-corrected chi connectivity index (χ0v) is 33.0. The van der Waals surface area contributed by atoms with Crippen molar-refractivity contribution in [2.24, 2.45) is 0 Å². The van der Waals surface area contributed by atoms with Crippen LogP contribution in [-0.2, 0) is 0 Å². The fourth-order valence-electron chi connectivity index (χ4n) is 5.24. The third kappa shape index (κ3) is 13.3. The van der Waals surface area contributed by atoms with Crippen LogP contribution in [-0.4, -0.2) is 49.0 Å². The van der Waals surface area contributed by atoms with Crippen LogP contribution in [0.4, 0.5) is 0 Å². The SMILES string of the molecule is BrCCCCCCOc1cc(/C=C/c2ccc(-c3scc4c3OCCO4)cc2)cc(OCCCCCCBr)c1OCCCCCCBr. The molecule has 258 valence electrons. The fourth-order valence-corrected chi connectivity index (χ4v) is 7.37. The summed E-state index contributed by atoms with van der Waals surface area (Å²) in [5.74, 6) is 3.97. The van der Waals surface area contributed by atoms with Crippen molar-refractivity contribution in [3.05, 3.63) is 52.9 Å². The first-order valence-electron chi connectivity index (χ1n) is 17.1. The van der Waals surface area contributed by atoms with E-state index in [0.717, 1.165) is 105 Å². The largest absolute Gasteiger partial charge is 0.490 e. The third-order valence-corrected chi connectivity index (χ3v) is 10.5. The van der Waals surface area contributed by atoms with E-state index in [2.05, 4.69) is 96.3 Å². The van der Waals surface area contributed by atoms with Gasteiger partial charge < -0.3 is 23.7 Å². The molecule has 4 rings (SSSR count). The highest BCUT2D eigenvalue weighted by molar-refractivity contribution is 9.09. The van der Waals surface area contributed by atoms with Crippen LogP contribution in [0, 0.1) is 0 Å². The van der Waals surface area contributed by atoms with Crippen LogP contribution in [0.5, 0.6) is 28.7 Å². The average molecular weight is 858 g/mol. The Kier molecular flexibility index (Phi) is 18.5. The molecule has 0 aliphatic carbocycles. The fraction of sp³-hybridized carbons (Fsp3) is 0.526. The summed E-state index contributed by atoms with van der Waals surface area (Å²) in [5, 5.41) is 5.18. The minimum atomic E-state index is 0.588. The summed E-state index contributed by atoms with van der Waals surface area (Å²) in [7, 11) is 0. The van der Waals surface area contributed by atoms with Gasteiger partial charge >= 0.3 is 0 Å². The highest BCUT2D eigenvalue weighted by Gasteiger charge is 2.20. The molecule has 0 fully saturated rings. The van der Waals surface area contributed by atoms with E-state index < -0.39 is 0 Å². The Labute approximate surface area is 311 Å². The van der Waals surface area contributed by atoms with Crippen molar-refractivity contribution in [3.8, 4) is 39.2 Å². The van der Waals surface area contributed by atoms with Crippen molar-refractivity contribution in [1.29, 1.82) is 0 Å². The summed E-state index contributed by atoms with van der Waals surface area (Å²) < 4.78 is 30.9. The van der Waals surface area contributed by atoms with E-state index in [1.165, 1.54) is 38.5 Å². The van der Waals surface area contributed by atoms with Gasteiger partial charge in [0, 0.05) is 21.4 Å². The number of halogens is 3. The number of rotatable bonds is 24. The maximum atomic E-state index is 6.43.